The van der Waals surface area contributed by atoms with Crippen molar-refractivity contribution in [1.29, 1.82) is 0 Å². The van der Waals surface area contributed by atoms with Crippen LogP contribution in [0.25, 0.3) is 0 Å². The molecule has 0 amide bonds. The van der Waals surface area contributed by atoms with Crippen LogP contribution in [0.3, 0.4) is 0 Å². The van der Waals surface area contributed by atoms with E-state index in [1.165, 1.54) is 51.4 Å². The highest BCUT2D eigenvalue weighted by Gasteiger charge is 2.12. The van der Waals surface area contributed by atoms with Gasteiger partial charge in [-0.15, -0.1) is 0 Å². The average molecular weight is 213 g/mol. The fourth-order valence-electron chi connectivity index (χ4n) is 1.77. The maximum absolute atomic E-state index is 6.10. The molecule has 2 N–H and O–H groups in total. The predicted molar refractivity (Wildman–Crippen MR) is 70.0 cm³/mol. The maximum atomic E-state index is 6.10. The van der Waals surface area contributed by atoms with Crippen molar-refractivity contribution >= 4 is 0 Å². The van der Waals surface area contributed by atoms with Crippen LogP contribution in [0.2, 0.25) is 0 Å². The topological polar surface area (TPSA) is 26.0 Å². The van der Waals surface area contributed by atoms with E-state index in [2.05, 4.69) is 27.7 Å². The number of hydrogen-bond donors (Lipinski definition) is 1. The Labute approximate surface area is 96.8 Å². The number of unbranched alkanes of at least 4 members (excludes halogenated alkanes) is 4. The smallest absolute Gasteiger partial charge is 0.00390 e. The van der Waals surface area contributed by atoms with Crippen LogP contribution in [0.4, 0.5) is 0 Å². The quantitative estimate of drug-likeness (QED) is 0.590. The van der Waals surface area contributed by atoms with E-state index < -0.39 is 0 Å². The summed E-state index contributed by atoms with van der Waals surface area (Å²) in [5.74, 6) is 0. The van der Waals surface area contributed by atoms with Crippen molar-refractivity contribution in [3.8, 4) is 0 Å². The summed E-state index contributed by atoms with van der Waals surface area (Å²) in [5.41, 5.74) is 6.54. The minimum atomic E-state index is 0.436. The molecule has 0 aromatic heterocycles. The molecule has 0 saturated heterocycles. The standard InChI is InChI=1S/C14H31N/c1-5-6-7-8-9-10-13(15)11-12-14(2,3)4/h13H,5-12,15H2,1-4H3. The molecule has 0 spiro atoms. The lowest BCUT2D eigenvalue weighted by Gasteiger charge is -2.20. The Morgan fingerprint density at radius 2 is 1.53 bits per heavy atom. The highest BCUT2D eigenvalue weighted by molar-refractivity contribution is 4.68. The van der Waals surface area contributed by atoms with Crippen LogP contribution >= 0.6 is 0 Å². The Balaban J connectivity index is 3.30. The Morgan fingerprint density at radius 3 is 2.07 bits per heavy atom. The largest absolute Gasteiger partial charge is 0.328 e. The molecule has 1 heteroatoms. The second-order valence-electron chi connectivity index (χ2n) is 6.06. The molecule has 1 nitrogen and oxygen atoms in total. The van der Waals surface area contributed by atoms with Gasteiger partial charge < -0.3 is 5.73 Å². The number of rotatable bonds is 8. The van der Waals surface area contributed by atoms with E-state index in [1.807, 2.05) is 0 Å². The Kier molecular flexibility index (Phi) is 8.13. The summed E-state index contributed by atoms with van der Waals surface area (Å²) in [4.78, 5) is 0. The molecule has 0 aliphatic carbocycles. The average Bonchev–Trinajstić information content (AvgIpc) is 2.13. The van der Waals surface area contributed by atoms with Gasteiger partial charge in [0, 0.05) is 6.04 Å². The van der Waals surface area contributed by atoms with Crippen molar-refractivity contribution in [2.24, 2.45) is 11.1 Å². The van der Waals surface area contributed by atoms with Crippen LogP contribution < -0.4 is 5.73 Å². The van der Waals surface area contributed by atoms with Crippen LogP contribution in [0.15, 0.2) is 0 Å². The van der Waals surface area contributed by atoms with Gasteiger partial charge in [0.15, 0.2) is 0 Å². The molecule has 0 aromatic carbocycles. The van der Waals surface area contributed by atoms with Crippen molar-refractivity contribution in [3.05, 3.63) is 0 Å². The third kappa shape index (κ3) is 11.9. The molecular formula is C14H31N. The van der Waals surface area contributed by atoms with Crippen molar-refractivity contribution in [2.45, 2.75) is 85.1 Å². The van der Waals surface area contributed by atoms with Crippen molar-refractivity contribution in [2.75, 3.05) is 0 Å². The molecule has 15 heavy (non-hydrogen) atoms. The van der Waals surface area contributed by atoms with Gasteiger partial charge in [-0.2, -0.15) is 0 Å². The van der Waals surface area contributed by atoms with Gasteiger partial charge in [-0.05, 0) is 24.7 Å². The van der Waals surface area contributed by atoms with Gasteiger partial charge in [0.05, 0.1) is 0 Å². The fraction of sp³-hybridized carbons (Fsp3) is 1.00. The second-order valence-corrected chi connectivity index (χ2v) is 6.06. The lowest BCUT2D eigenvalue weighted by molar-refractivity contribution is 0.340. The van der Waals surface area contributed by atoms with E-state index in [1.54, 1.807) is 0 Å². The van der Waals surface area contributed by atoms with Gasteiger partial charge in [0.1, 0.15) is 0 Å². The molecular weight excluding hydrogens is 182 g/mol. The van der Waals surface area contributed by atoms with Gasteiger partial charge in [0.25, 0.3) is 0 Å². The SMILES string of the molecule is CCCCCCCC(N)CCC(C)(C)C. The Bertz CT molecular complexity index is 135. The summed E-state index contributed by atoms with van der Waals surface area (Å²) >= 11 is 0. The van der Waals surface area contributed by atoms with Gasteiger partial charge in [0.2, 0.25) is 0 Å². The summed E-state index contributed by atoms with van der Waals surface area (Å²) in [5, 5.41) is 0. The molecule has 0 rings (SSSR count). The van der Waals surface area contributed by atoms with E-state index >= 15 is 0 Å². The van der Waals surface area contributed by atoms with Crippen molar-refractivity contribution in [1.82, 2.24) is 0 Å². The second kappa shape index (κ2) is 8.15. The van der Waals surface area contributed by atoms with Crippen molar-refractivity contribution < 1.29 is 0 Å². The molecule has 0 saturated carbocycles. The first-order valence-corrected chi connectivity index (χ1v) is 6.71. The zero-order chi connectivity index (χ0) is 11.7. The lowest BCUT2D eigenvalue weighted by Crippen LogP contribution is -2.22. The number of hydrogen-bond acceptors (Lipinski definition) is 1. The van der Waals surface area contributed by atoms with E-state index in [-0.39, 0.29) is 0 Å². The van der Waals surface area contributed by atoms with Crippen LogP contribution in [0, 0.1) is 5.41 Å². The van der Waals surface area contributed by atoms with E-state index in [0.717, 1.165) is 0 Å². The fourth-order valence-corrected chi connectivity index (χ4v) is 1.77. The first kappa shape index (κ1) is 15.0. The van der Waals surface area contributed by atoms with Crippen molar-refractivity contribution in [3.63, 3.8) is 0 Å². The van der Waals surface area contributed by atoms with Crippen LogP contribution in [0.5, 0.6) is 0 Å². The minimum Gasteiger partial charge on any atom is -0.328 e. The zero-order valence-corrected chi connectivity index (χ0v) is 11.3. The lowest BCUT2D eigenvalue weighted by atomic mass is 9.88. The zero-order valence-electron chi connectivity index (χ0n) is 11.3. The van der Waals surface area contributed by atoms with Crippen LogP contribution in [-0.4, -0.2) is 6.04 Å². The molecule has 0 aromatic rings. The summed E-state index contributed by atoms with van der Waals surface area (Å²) < 4.78 is 0. The Morgan fingerprint density at radius 1 is 0.933 bits per heavy atom. The van der Waals surface area contributed by atoms with E-state index in [0.29, 0.717) is 11.5 Å². The minimum absolute atomic E-state index is 0.436. The first-order chi connectivity index (χ1) is 6.95. The molecule has 0 aliphatic rings. The molecule has 0 fully saturated rings. The third-order valence-electron chi connectivity index (χ3n) is 2.94. The molecule has 1 unspecified atom stereocenters. The number of nitrogens with two attached hydrogens (primary N) is 1. The van der Waals surface area contributed by atoms with Gasteiger partial charge in [-0.1, -0.05) is 59.8 Å². The molecule has 0 heterocycles. The monoisotopic (exact) mass is 213 g/mol. The highest BCUT2D eigenvalue weighted by atomic mass is 14.6. The highest BCUT2D eigenvalue weighted by Crippen LogP contribution is 2.22. The molecule has 0 bridgehead atoms. The normalized spacial score (nSPS) is 14.2. The molecule has 92 valence electrons. The van der Waals surface area contributed by atoms with E-state index in [9.17, 15) is 0 Å². The summed E-state index contributed by atoms with van der Waals surface area (Å²) in [6, 6.07) is 0.436. The van der Waals surface area contributed by atoms with Gasteiger partial charge in [-0.3, -0.25) is 0 Å². The predicted octanol–water partition coefficient (Wildman–Crippen LogP) is 4.50. The van der Waals surface area contributed by atoms with Crippen LogP contribution in [0.1, 0.15) is 79.1 Å². The van der Waals surface area contributed by atoms with Crippen LogP contribution in [-0.2, 0) is 0 Å². The van der Waals surface area contributed by atoms with Gasteiger partial charge in [-0.25, -0.2) is 0 Å². The molecule has 0 aliphatic heterocycles. The summed E-state index contributed by atoms with van der Waals surface area (Å²) in [6.45, 7) is 9.14. The van der Waals surface area contributed by atoms with E-state index in [4.69, 9.17) is 5.73 Å². The summed E-state index contributed by atoms with van der Waals surface area (Å²) in [6.07, 6.45) is 10.5. The third-order valence-corrected chi connectivity index (χ3v) is 2.94. The first-order valence-electron chi connectivity index (χ1n) is 6.71. The molecule has 0 radical (unpaired) electrons. The Hall–Kier alpha value is -0.0400. The maximum Gasteiger partial charge on any atom is 0.00390 e. The molecule has 1 atom stereocenters. The summed E-state index contributed by atoms with van der Waals surface area (Å²) in [7, 11) is 0. The van der Waals surface area contributed by atoms with Gasteiger partial charge >= 0.3 is 0 Å².